The molecule has 31 heavy (non-hydrogen) atoms. The number of hydrogen-bond acceptors (Lipinski definition) is 10. The number of carbonyl (C=O) groups is 1. The first kappa shape index (κ1) is 22.2. The number of nitrogens with zero attached hydrogens (tertiary/aromatic N) is 5. The molecule has 10 nitrogen and oxygen atoms in total. The molecule has 2 aromatic heterocycles. The van der Waals surface area contributed by atoms with Crippen molar-refractivity contribution in [2.24, 2.45) is 15.9 Å². The number of benzene rings is 1. The zero-order chi connectivity index (χ0) is 22.4. The summed E-state index contributed by atoms with van der Waals surface area (Å²) in [7, 11) is -3.42. The molecule has 0 atom stereocenters. The van der Waals surface area contributed by atoms with Gasteiger partial charge in [0, 0.05) is 11.8 Å². The normalized spacial score (nSPS) is 12.3. The highest BCUT2D eigenvalue weighted by atomic mass is 32.2. The van der Waals surface area contributed by atoms with Crippen molar-refractivity contribution in [2.45, 2.75) is 18.5 Å². The fourth-order valence-corrected chi connectivity index (χ4v) is 3.83. The molecule has 3 N–H and O–H groups in total. The summed E-state index contributed by atoms with van der Waals surface area (Å²) in [6.07, 6.45) is 2.26. The molecule has 0 aliphatic rings. The Morgan fingerprint density at radius 2 is 1.94 bits per heavy atom. The number of amides is 1. The van der Waals surface area contributed by atoms with Crippen LogP contribution in [0, 0.1) is 6.92 Å². The molecule has 0 saturated carbocycles. The van der Waals surface area contributed by atoms with Crippen LogP contribution in [0.3, 0.4) is 0 Å². The predicted octanol–water partition coefficient (Wildman–Crippen LogP) is 1.65. The number of aliphatic imine (C=N–C) groups is 1. The molecule has 12 heteroatoms. The van der Waals surface area contributed by atoms with Crippen LogP contribution in [0.15, 0.2) is 57.6 Å². The number of hydrazone groups is 1. The highest BCUT2D eigenvalue weighted by molar-refractivity contribution is 7.90. The predicted molar refractivity (Wildman–Crippen MR) is 119 cm³/mol. The van der Waals surface area contributed by atoms with E-state index >= 15 is 0 Å². The number of nitrogens with two attached hydrogens (primary N) is 1. The number of rotatable bonds is 7. The summed E-state index contributed by atoms with van der Waals surface area (Å²) in [5, 5.41) is 15.6. The lowest BCUT2D eigenvalue weighted by Gasteiger charge is -2.04. The quantitative estimate of drug-likeness (QED) is 0.311. The van der Waals surface area contributed by atoms with Gasteiger partial charge in [0.05, 0.1) is 24.1 Å². The molecule has 0 aliphatic heterocycles. The van der Waals surface area contributed by atoms with Crippen LogP contribution in [-0.4, -0.2) is 47.7 Å². The topological polar surface area (TPSA) is 153 Å². The number of pyridine rings is 1. The number of aryl methyl sites for hydroxylation is 1. The molecule has 0 bridgehead atoms. The van der Waals surface area contributed by atoms with Crippen LogP contribution < -0.4 is 11.2 Å². The fourth-order valence-electron chi connectivity index (χ4n) is 2.42. The highest BCUT2D eigenvalue weighted by Crippen LogP contribution is 2.22. The van der Waals surface area contributed by atoms with Crippen molar-refractivity contribution in [2.75, 3.05) is 6.26 Å². The van der Waals surface area contributed by atoms with E-state index in [4.69, 9.17) is 5.84 Å². The van der Waals surface area contributed by atoms with E-state index in [-0.39, 0.29) is 17.3 Å². The van der Waals surface area contributed by atoms with Gasteiger partial charge in [-0.1, -0.05) is 41.7 Å². The molecule has 0 fully saturated rings. The molecule has 160 valence electrons. The molecule has 1 amide bonds. The molecule has 1 aromatic carbocycles. The number of carbonyl (C=O) groups excluding carboxylic acids is 1. The van der Waals surface area contributed by atoms with Crippen LogP contribution in [0.5, 0.6) is 0 Å². The summed E-state index contributed by atoms with van der Waals surface area (Å²) in [6.45, 7) is 1.76. The van der Waals surface area contributed by atoms with E-state index in [0.29, 0.717) is 16.4 Å². The average molecular weight is 458 g/mol. The molecule has 0 spiro atoms. The van der Waals surface area contributed by atoms with Crippen LogP contribution in [0.25, 0.3) is 10.6 Å². The Hall–Kier alpha value is -3.51. The van der Waals surface area contributed by atoms with Crippen LogP contribution >= 0.6 is 11.3 Å². The lowest BCUT2D eigenvalue weighted by Crippen LogP contribution is -2.32. The first-order chi connectivity index (χ1) is 14.8. The third kappa shape index (κ3) is 5.77. The van der Waals surface area contributed by atoms with Crippen molar-refractivity contribution in [1.82, 2.24) is 20.5 Å². The van der Waals surface area contributed by atoms with E-state index < -0.39 is 15.7 Å². The van der Waals surface area contributed by atoms with Crippen molar-refractivity contribution < 1.29 is 13.2 Å². The van der Waals surface area contributed by atoms with Crippen LogP contribution in [0.2, 0.25) is 0 Å². The van der Waals surface area contributed by atoms with E-state index in [1.807, 2.05) is 30.3 Å². The fraction of sp³-hybridized carbons (Fsp3) is 0.158. The van der Waals surface area contributed by atoms with E-state index in [0.717, 1.165) is 16.8 Å². The van der Waals surface area contributed by atoms with Gasteiger partial charge in [-0.3, -0.25) is 9.79 Å². The summed E-state index contributed by atoms with van der Waals surface area (Å²) in [6, 6.07) is 12.4. The van der Waals surface area contributed by atoms with Crippen LogP contribution in [0.1, 0.15) is 10.7 Å². The van der Waals surface area contributed by atoms with E-state index in [1.54, 1.807) is 6.92 Å². The molecule has 2 heterocycles. The number of sulfone groups is 1. The Bertz CT molecular complexity index is 1250. The smallest absolute Gasteiger partial charge is 0.273 e. The van der Waals surface area contributed by atoms with E-state index in [1.165, 1.54) is 29.7 Å². The summed E-state index contributed by atoms with van der Waals surface area (Å²) in [5.41, 5.74) is 1.61. The molecule has 0 radical (unpaired) electrons. The van der Waals surface area contributed by atoms with Crippen molar-refractivity contribution in [3.8, 4) is 10.6 Å². The van der Waals surface area contributed by atoms with Crippen molar-refractivity contribution in [3.05, 3.63) is 53.2 Å². The van der Waals surface area contributed by atoms with Gasteiger partial charge in [0.2, 0.25) is 0 Å². The minimum Gasteiger partial charge on any atom is -0.344 e. The minimum atomic E-state index is -3.42. The van der Waals surface area contributed by atoms with Gasteiger partial charge in [-0.05, 0) is 19.1 Å². The van der Waals surface area contributed by atoms with Gasteiger partial charge in [0.1, 0.15) is 10.0 Å². The lowest BCUT2D eigenvalue weighted by atomic mass is 10.2. The third-order valence-corrected chi connectivity index (χ3v) is 5.96. The second kappa shape index (κ2) is 9.53. The zero-order valence-corrected chi connectivity index (χ0v) is 18.3. The van der Waals surface area contributed by atoms with Crippen molar-refractivity contribution in [3.63, 3.8) is 0 Å². The SMILES string of the molecule is Cc1nc(S(C)(=O)=O)ccc1N=C/C(=N\N)C(=O)NCc1nnc(-c2ccccc2)s1. The summed E-state index contributed by atoms with van der Waals surface area (Å²) < 4.78 is 23.1. The van der Waals surface area contributed by atoms with Crippen molar-refractivity contribution >= 4 is 44.7 Å². The van der Waals surface area contributed by atoms with Gasteiger partial charge < -0.3 is 11.2 Å². The highest BCUT2D eigenvalue weighted by Gasteiger charge is 2.13. The molecule has 0 aliphatic carbocycles. The van der Waals surface area contributed by atoms with Crippen molar-refractivity contribution in [1.29, 1.82) is 0 Å². The maximum absolute atomic E-state index is 12.4. The van der Waals surface area contributed by atoms with E-state index in [2.05, 4.69) is 30.6 Å². The Kier molecular flexibility index (Phi) is 6.82. The maximum Gasteiger partial charge on any atom is 0.273 e. The first-order valence-electron chi connectivity index (χ1n) is 8.93. The molecule has 3 rings (SSSR count). The number of nitrogens with one attached hydrogen (secondary N) is 1. The molecule has 0 saturated heterocycles. The second-order valence-electron chi connectivity index (χ2n) is 6.35. The standard InChI is InChI=1S/C19H19N7O3S2/c1-12-14(8-9-17(23-12)31(2,28)29)21-10-15(24-20)18(27)22-11-16-25-26-19(30-16)13-6-4-3-5-7-13/h3-10H,11,20H2,1-2H3,(H,22,27)/b21-10?,24-15+. The van der Waals surface area contributed by atoms with E-state index in [9.17, 15) is 13.2 Å². The molecule has 0 unspecified atom stereocenters. The number of aromatic nitrogens is 3. The van der Waals surface area contributed by atoms with Gasteiger partial charge in [0.15, 0.2) is 20.6 Å². The average Bonchev–Trinajstić information content (AvgIpc) is 3.22. The molecule has 3 aromatic rings. The Morgan fingerprint density at radius 1 is 1.19 bits per heavy atom. The largest absolute Gasteiger partial charge is 0.344 e. The van der Waals surface area contributed by atoms with Gasteiger partial charge in [-0.15, -0.1) is 10.2 Å². The maximum atomic E-state index is 12.4. The molecular weight excluding hydrogens is 438 g/mol. The Labute approximate surface area is 182 Å². The minimum absolute atomic E-state index is 0.0543. The van der Waals surface area contributed by atoms with Gasteiger partial charge >= 0.3 is 0 Å². The first-order valence-corrected chi connectivity index (χ1v) is 11.6. The number of hydrogen-bond donors (Lipinski definition) is 2. The van der Waals surface area contributed by atoms with Gasteiger partial charge in [-0.2, -0.15) is 5.10 Å². The Morgan fingerprint density at radius 3 is 2.58 bits per heavy atom. The van der Waals surface area contributed by atoms with Gasteiger partial charge in [0.25, 0.3) is 5.91 Å². The van der Waals surface area contributed by atoms with Crippen LogP contribution in [-0.2, 0) is 21.2 Å². The van der Waals surface area contributed by atoms with Gasteiger partial charge in [-0.25, -0.2) is 13.4 Å². The molecular formula is C19H19N7O3S2. The van der Waals surface area contributed by atoms with Crippen LogP contribution in [0.4, 0.5) is 5.69 Å². The third-order valence-electron chi connectivity index (χ3n) is 4.00. The summed E-state index contributed by atoms with van der Waals surface area (Å²) in [5.74, 6) is 4.78. The second-order valence-corrected chi connectivity index (χ2v) is 9.37. The lowest BCUT2D eigenvalue weighted by molar-refractivity contribution is -0.114. The summed E-state index contributed by atoms with van der Waals surface area (Å²) in [4.78, 5) is 20.5. The summed E-state index contributed by atoms with van der Waals surface area (Å²) >= 11 is 1.36. The monoisotopic (exact) mass is 457 g/mol. The Balaban J connectivity index is 1.64. The zero-order valence-electron chi connectivity index (χ0n) is 16.7.